The highest BCUT2D eigenvalue weighted by Crippen LogP contribution is 2.51. The van der Waals surface area contributed by atoms with Crippen LogP contribution < -0.4 is 5.73 Å². The molecule has 2 N–H and O–H groups in total. The summed E-state index contributed by atoms with van der Waals surface area (Å²) in [7, 11) is 3.55. The van der Waals surface area contributed by atoms with Crippen LogP contribution in [0.15, 0.2) is 18.3 Å². The summed E-state index contributed by atoms with van der Waals surface area (Å²) in [6.45, 7) is 4.91. The molecule has 0 aromatic carbocycles. The lowest BCUT2D eigenvalue weighted by molar-refractivity contribution is -0.175. The van der Waals surface area contributed by atoms with Gasteiger partial charge in [-0.05, 0) is 37.5 Å². The minimum Gasteiger partial charge on any atom is -0.383 e. The molecule has 1 saturated carbocycles. The Morgan fingerprint density at radius 1 is 1.40 bits per heavy atom. The largest absolute Gasteiger partial charge is 0.383 e. The van der Waals surface area contributed by atoms with Crippen LogP contribution in [0, 0.1) is 11.8 Å². The zero-order valence-electron chi connectivity index (χ0n) is 15.4. The number of piperidine rings is 1. The van der Waals surface area contributed by atoms with Crippen LogP contribution in [0.2, 0.25) is 0 Å². The first-order chi connectivity index (χ1) is 12.0. The minimum absolute atomic E-state index is 0.308. The molecule has 2 bridgehead atoms. The lowest BCUT2D eigenvalue weighted by Crippen LogP contribution is -2.61. The lowest BCUT2D eigenvalue weighted by Gasteiger charge is -2.56. The third-order valence-electron chi connectivity index (χ3n) is 6.06. The summed E-state index contributed by atoms with van der Waals surface area (Å²) < 4.78 is 11.6. The molecule has 2 fully saturated rings. The van der Waals surface area contributed by atoms with Gasteiger partial charge in [-0.25, -0.2) is 0 Å². The van der Waals surface area contributed by atoms with Crippen LogP contribution in [0.3, 0.4) is 0 Å². The molecular weight excluding hydrogens is 318 g/mol. The molecule has 0 radical (unpaired) electrons. The predicted octanol–water partition coefficient (Wildman–Crippen LogP) is 1.79. The zero-order valence-corrected chi connectivity index (χ0v) is 15.4. The van der Waals surface area contributed by atoms with E-state index >= 15 is 0 Å². The Morgan fingerprint density at radius 3 is 2.64 bits per heavy atom. The number of rotatable bonds is 6. The summed E-state index contributed by atoms with van der Waals surface area (Å²) >= 11 is 0. The van der Waals surface area contributed by atoms with E-state index in [2.05, 4.69) is 16.8 Å². The van der Waals surface area contributed by atoms with Crippen molar-refractivity contribution in [3.05, 3.63) is 29.6 Å². The molecule has 138 valence electrons. The molecule has 1 aromatic rings. The number of nitrogens with two attached hydrogens (primary N) is 1. The van der Waals surface area contributed by atoms with Gasteiger partial charge in [-0.15, -0.1) is 0 Å². The fourth-order valence-corrected chi connectivity index (χ4v) is 4.90. The number of amides is 1. The fourth-order valence-electron chi connectivity index (χ4n) is 4.90. The summed E-state index contributed by atoms with van der Waals surface area (Å²) in [4.78, 5) is 18.2. The molecule has 1 saturated heterocycles. The number of hydrogen-bond acceptors (Lipinski definition) is 5. The van der Waals surface area contributed by atoms with Gasteiger partial charge >= 0.3 is 0 Å². The van der Waals surface area contributed by atoms with Crippen molar-refractivity contribution in [1.82, 2.24) is 9.88 Å². The van der Waals surface area contributed by atoms with Gasteiger partial charge in [0, 0.05) is 51.4 Å². The number of primary amides is 1. The summed E-state index contributed by atoms with van der Waals surface area (Å²) in [6, 6.07) is 4.20. The van der Waals surface area contributed by atoms with Crippen LogP contribution in [0.1, 0.15) is 42.2 Å². The number of methoxy groups -OCH3 is 2. The van der Waals surface area contributed by atoms with E-state index in [0.29, 0.717) is 23.6 Å². The maximum Gasteiger partial charge on any atom is 0.267 e. The van der Waals surface area contributed by atoms with E-state index in [-0.39, 0.29) is 5.60 Å². The number of fused-ring (bicyclic) bond motifs is 2. The van der Waals surface area contributed by atoms with Crippen molar-refractivity contribution < 1.29 is 14.3 Å². The highest BCUT2D eigenvalue weighted by molar-refractivity contribution is 5.90. The van der Waals surface area contributed by atoms with Crippen LogP contribution in [0.4, 0.5) is 0 Å². The van der Waals surface area contributed by atoms with E-state index in [0.717, 1.165) is 38.1 Å². The van der Waals surface area contributed by atoms with Gasteiger partial charge in [-0.3, -0.25) is 14.7 Å². The zero-order chi connectivity index (χ0) is 18.0. The molecule has 6 heteroatoms. The second kappa shape index (κ2) is 7.40. The van der Waals surface area contributed by atoms with E-state index in [1.54, 1.807) is 20.4 Å². The molecule has 1 amide bonds. The average Bonchev–Trinajstić information content (AvgIpc) is 2.60. The number of likely N-dealkylation sites (tertiary alicyclic amines) is 1. The molecule has 0 spiro atoms. The van der Waals surface area contributed by atoms with Gasteiger partial charge in [-0.2, -0.15) is 0 Å². The van der Waals surface area contributed by atoms with Gasteiger partial charge in [0.2, 0.25) is 0 Å². The first-order valence-electron chi connectivity index (χ1n) is 9.07. The predicted molar refractivity (Wildman–Crippen MR) is 95.2 cm³/mol. The van der Waals surface area contributed by atoms with Crippen molar-refractivity contribution in [3.8, 4) is 0 Å². The van der Waals surface area contributed by atoms with Gasteiger partial charge in [-0.1, -0.05) is 6.42 Å². The Kier molecular flexibility index (Phi) is 5.41. The second-order valence-corrected chi connectivity index (χ2v) is 7.37. The van der Waals surface area contributed by atoms with E-state index < -0.39 is 5.91 Å². The Balaban J connectivity index is 1.96. The Labute approximate surface area is 149 Å². The van der Waals surface area contributed by atoms with Crippen LogP contribution in [-0.4, -0.2) is 55.7 Å². The van der Waals surface area contributed by atoms with E-state index in [9.17, 15) is 4.79 Å². The molecule has 2 aliphatic rings. The number of hydrogen-bond donors (Lipinski definition) is 1. The van der Waals surface area contributed by atoms with E-state index in [1.165, 1.54) is 6.42 Å². The molecule has 1 aliphatic carbocycles. The molecular formula is C19H29N3O3. The molecule has 25 heavy (non-hydrogen) atoms. The van der Waals surface area contributed by atoms with Gasteiger partial charge in [0.15, 0.2) is 0 Å². The SMILES string of the molecule is COC[C@@H](C)N1C[C@H]2CCC[C@@H](C1)C2(OC)c1ccnc(C(N)=O)c1. The van der Waals surface area contributed by atoms with Crippen molar-refractivity contribution in [2.24, 2.45) is 17.6 Å². The third-order valence-corrected chi connectivity index (χ3v) is 6.06. The van der Waals surface area contributed by atoms with Gasteiger partial charge in [0.1, 0.15) is 11.3 Å². The highest BCUT2D eigenvalue weighted by Gasteiger charge is 2.53. The first kappa shape index (κ1) is 18.3. The Bertz CT molecular complexity index is 608. The molecule has 1 aromatic heterocycles. The number of carbonyl (C=O) groups is 1. The van der Waals surface area contributed by atoms with Crippen molar-refractivity contribution in [3.63, 3.8) is 0 Å². The summed E-state index contributed by atoms with van der Waals surface area (Å²) in [5, 5.41) is 0. The molecule has 6 nitrogen and oxygen atoms in total. The van der Waals surface area contributed by atoms with Gasteiger partial charge < -0.3 is 15.2 Å². The molecule has 1 unspecified atom stereocenters. The monoisotopic (exact) mass is 347 g/mol. The molecule has 1 aliphatic heterocycles. The average molecular weight is 347 g/mol. The van der Waals surface area contributed by atoms with Gasteiger partial charge in [0.25, 0.3) is 5.91 Å². The molecule has 4 atom stereocenters. The maximum absolute atomic E-state index is 11.6. The summed E-state index contributed by atoms with van der Waals surface area (Å²) in [5.74, 6) is 0.268. The lowest BCUT2D eigenvalue weighted by atomic mass is 9.62. The fraction of sp³-hybridized carbons (Fsp3) is 0.684. The van der Waals surface area contributed by atoms with Gasteiger partial charge in [0.05, 0.1) is 6.61 Å². The number of ether oxygens (including phenoxy) is 2. The number of pyridine rings is 1. The van der Waals surface area contributed by atoms with E-state index in [1.807, 2.05) is 12.1 Å². The number of nitrogens with zero attached hydrogens (tertiary/aromatic N) is 2. The minimum atomic E-state index is -0.496. The van der Waals surface area contributed by atoms with E-state index in [4.69, 9.17) is 15.2 Å². The van der Waals surface area contributed by atoms with Crippen molar-refractivity contribution in [1.29, 1.82) is 0 Å². The Morgan fingerprint density at radius 2 is 2.08 bits per heavy atom. The molecule has 3 rings (SSSR count). The van der Waals surface area contributed by atoms with Crippen LogP contribution in [0.5, 0.6) is 0 Å². The summed E-state index contributed by atoms with van der Waals surface area (Å²) in [5.41, 5.74) is 6.42. The Hall–Kier alpha value is -1.50. The second-order valence-electron chi connectivity index (χ2n) is 7.37. The number of carbonyl (C=O) groups excluding carboxylic acids is 1. The maximum atomic E-state index is 11.6. The van der Waals surface area contributed by atoms with Crippen molar-refractivity contribution in [2.45, 2.75) is 37.8 Å². The van der Waals surface area contributed by atoms with Crippen LogP contribution >= 0.6 is 0 Å². The van der Waals surface area contributed by atoms with Crippen molar-refractivity contribution >= 4 is 5.91 Å². The third kappa shape index (κ3) is 3.18. The summed E-state index contributed by atoms with van der Waals surface area (Å²) in [6.07, 6.45) is 5.14. The highest BCUT2D eigenvalue weighted by atomic mass is 16.5. The standard InChI is InChI=1S/C19H29N3O3/c1-13(12-24-2)22-10-15-5-4-6-16(11-22)19(15,25-3)14-7-8-21-17(9-14)18(20)23/h7-9,13,15-16H,4-6,10-12H2,1-3H3,(H2,20,23)/t13-,15-,16+,19?/m1/s1. The van der Waals surface area contributed by atoms with Crippen LogP contribution in [0.25, 0.3) is 0 Å². The van der Waals surface area contributed by atoms with Crippen molar-refractivity contribution in [2.75, 3.05) is 33.9 Å². The van der Waals surface area contributed by atoms with Crippen LogP contribution in [-0.2, 0) is 15.1 Å². The normalized spacial score (nSPS) is 30.8. The topological polar surface area (TPSA) is 77.7 Å². The smallest absolute Gasteiger partial charge is 0.267 e. The number of aromatic nitrogens is 1. The first-order valence-corrected chi connectivity index (χ1v) is 9.07. The molecule has 2 heterocycles. The quantitative estimate of drug-likeness (QED) is 0.849.